The van der Waals surface area contributed by atoms with Gasteiger partial charge in [0.2, 0.25) is 5.91 Å². The van der Waals surface area contributed by atoms with Crippen LogP contribution in [0.3, 0.4) is 0 Å². The Balaban J connectivity index is 1.08. The quantitative estimate of drug-likeness (QED) is 0.317. The molecule has 6 nitrogen and oxygen atoms in total. The minimum atomic E-state index is -0.739. The van der Waals surface area contributed by atoms with Gasteiger partial charge in [-0.2, -0.15) is 0 Å². The molecule has 4 fully saturated rings. The lowest BCUT2D eigenvalue weighted by atomic mass is 9.49. The molecule has 2 aromatic carbocycles. The topological polar surface area (TPSA) is 102 Å². The van der Waals surface area contributed by atoms with Gasteiger partial charge in [0, 0.05) is 24.7 Å². The summed E-state index contributed by atoms with van der Waals surface area (Å²) in [6.07, 6.45) is 8.66. The largest absolute Gasteiger partial charge is 0.508 e. The number of aromatic hydroxyl groups is 1. The number of benzene rings is 2. The van der Waals surface area contributed by atoms with Gasteiger partial charge in [-0.1, -0.05) is 30.3 Å². The summed E-state index contributed by atoms with van der Waals surface area (Å²) in [5, 5.41) is 36.3. The third-order valence-corrected chi connectivity index (χ3v) is 9.04. The highest BCUT2D eigenvalue weighted by molar-refractivity contribution is 5.78. The van der Waals surface area contributed by atoms with Gasteiger partial charge in [0.05, 0.1) is 19.1 Å². The van der Waals surface area contributed by atoms with Crippen molar-refractivity contribution >= 4 is 5.91 Å². The van der Waals surface area contributed by atoms with Crippen molar-refractivity contribution in [2.75, 3.05) is 13.1 Å². The maximum Gasteiger partial charge on any atom is 0.224 e. The zero-order chi connectivity index (χ0) is 26.0. The Hall–Kier alpha value is -2.41. The average molecular weight is 507 g/mol. The van der Waals surface area contributed by atoms with Crippen molar-refractivity contribution in [1.82, 2.24) is 10.6 Å². The van der Waals surface area contributed by atoms with Crippen LogP contribution in [0.2, 0.25) is 0 Å². The highest BCUT2D eigenvalue weighted by Gasteiger charge is 2.50. The van der Waals surface area contributed by atoms with Crippen LogP contribution in [-0.2, 0) is 24.2 Å². The molecule has 0 unspecified atom stereocenters. The molecule has 4 saturated carbocycles. The summed E-state index contributed by atoms with van der Waals surface area (Å²) >= 11 is 0. The second kappa shape index (κ2) is 11.1. The zero-order valence-corrected chi connectivity index (χ0v) is 22.0. The van der Waals surface area contributed by atoms with E-state index in [9.17, 15) is 20.1 Å². The van der Waals surface area contributed by atoms with Crippen LogP contribution in [-0.4, -0.2) is 40.4 Å². The molecule has 200 valence electrons. The summed E-state index contributed by atoms with van der Waals surface area (Å²) in [6.45, 7) is 3.02. The highest BCUT2D eigenvalue weighted by Crippen LogP contribution is 2.59. The lowest BCUT2D eigenvalue weighted by Crippen LogP contribution is -2.51. The Bertz CT molecular complexity index is 1070. The number of hydrogen-bond acceptors (Lipinski definition) is 5. The van der Waals surface area contributed by atoms with Gasteiger partial charge >= 0.3 is 0 Å². The smallest absolute Gasteiger partial charge is 0.224 e. The fourth-order valence-corrected chi connectivity index (χ4v) is 7.70. The molecule has 0 aromatic heterocycles. The molecule has 0 spiro atoms. The molecule has 1 amide bonds. The third kappa shape index (κ3) is 6.36. The molecule has 6 rings (SSSR count). The SMILES string of the molecule is C[C@H](Cc1cccc(CC(=O)NCC23CC4CC(CC(C4)C2)C3)c1)NC[C@@H](O)c1ccc(O)c(CO)c1. The first-order valence-corrected chi connectivity index (χ1v) is 14.0. The molecular formula is C31H42N2O4. The maximum absolute atomic E-state index is 12.8. The fraction of sp³-hybridized carbons (Fsp3) is 0.581. The number of hydrogen-bond donors (Lipinski definition) is 5. The van der Waals surface area contributed by atoms with Crippen LogP contribution < -0.4 is 10.6 Å². The van der Waals surface area contributed by atoms with E-state index in [1.54, 1.807) is 12.1 Å². The fourth-order valence-electron chi connectivity index (χ4n) is 7.70. The van der Waals surface area contributed by atoms with E-state index in [-0.39, 0.29) is 24.3 Å². The summed E-state index contributed by atoms with van der Waals surface area (Å²) in [4.78, 5) is 12.8. The van der Waals surface area contributed by atoms with Gasteiger partial charge in [0.1, 0.15) is 5.75 Å². The number of aliphatic hydroxyl groups excluding tert-OH is 2. The maximum atomic E-state index is 12.8. The number of rotatable bonds is 11. The molecule has 0 heterocycles. The molecular weight excluding hydrogens is 464 g/mol. The van der Waals surface area contributed by atoms with Crippen molar-refractivity contribution in [3.8, 4) is 5.75 Å². The molecule has 6 heteroatoms. The van der Waals surface area contributed by atoms with E-state index < -0.39 is 6.10 Å². The normalized spacial score (nSPS) is 27.7. The van der Waals surface area contributed by atoms with E-state index in [4.69, 9.17) is 0 Å². The van der Waals surface area contributed by atoms with Crippen LogP contribution in [0.1, 0.15) is 73.8 Å². The van der Waals surface area contributed by atoms with E-state index in [2.05, 4.69) is 29.7 Å². The minimum absolute atomic E-state index is 0.0288. The van der Waals surface area contributed by atoms with E-state index >= 15 is 0 Å². The lowest BCUT2D eigenvalue weighted by molar-refractivity contribution is -0.122. The van der Waals surface area contributed by atoms with E-state index in [0.717, 1.165) is 41.8 Å². The second-order valence-corrected chi connectivity index (χ2v) is 12.3. The van der Waals surface area contributed by atoms with Crippen molar-refractivity contribution in [2.24, 2.45) is 23.2 Å². The Morgan fingerprint density at radius 1 is 1.03 bits per heavy atom. The molecule has 4 bridgehead atoms. The molecule has 2 aromatic rings. The number of carbonyl (C=O) groups is 1. The van der Waals surface area contributed by atoms with Crippen LogP contribution >= 0.6 is 0 Å². The zero-order valence-electron chi connectivity index (χ0n) is 22.0. The van der Waals surface area contributed by atoms with Crippen LogP contribution in [0, 0.1) is 23.2 Å². The number of amides is 1. The van der Waals surface area contributed by atoms with E-state index in [0.29, 0.717) is 29.5 Å². The molecule has 4 aliphatic rings. The predicted molar refractivity (Wildman–Crippen MR) is 144 cm³/mol. The molecule has 4 aliphatic carbocycles. The summed E-state index contributed by atoms with van der Waals surface area (Å²) in [6, 6.07) is 13.2. The first kappa shape index (κ1) is 26.2. The van der Waals surface area contributed by atoms with E-state index in [1.807, 2.05) is 12.1 Å². The monoisotopic (exact) mass is 506 g/mol. The van der Waals surface area contributed by atoms with Crippen LogP contribution in [0.4, 0.5) is 0 Å². The first-order valence-electron chi connectivity index (χ1n) is 14.0. The van der Waals surface area contributed by atoms with Gasteiger partial charge in [-0.25, -0.2) is 0 Å². The van der Waals surface area contributed by atoms with Crippen molar-refractivity contribution in [1.29, 1.82) is 0 Å². The van der Waals surface area contributed by atoms with Crippen LogP contribution in [0.15, 0.2) is 42.5 Å². The summed E-state index contributed by atoms with van der Waals surface area (Å²) < 4.78 is 0. The Kier molecular flexibility index (Phi) is 7.89. The van der Waals surface area contributed by atoms with Gasteiger partial charge in [0.15, 0.2) is 0 Å². The number of phenols is 1. The average Bonchev–Trinajstić information content (AvgIpc) is 2.86. The molecule has 2 atom stereocenters. The minimum Gasteiger partial charge on any atom is -0.508 e. The lowest BCUT2D eigenvalue weighted by Gasteiger charge is -2.56. The number of carbonyl (C=O) groups excluding carboxylic acids is 1. The van der Waals surface area contributed by atoms with Crippen molar-refractivity contribution in [2.45, 2.75) is 77.0 Å². The number of nitrogens with one attached hydrogen (secondary N) is 2. The molecule has 0 saturated heterocycles. The highest BCUT2D eigenvalue weighted by atomic mass is 16.3. The van der Waals surface area contributed by atoms with Gasteiger partial charge < -0.3 is 26.0 Å². The summed E-state index contributed by atoms with van der Waals surface area (Å²) in [5.41, 5.74) is 3.62. The van der Waals surface area contributed by atoms with Gasteiger partial charge in [-0.05, 0) is 104 Å². The number of aliphatic hydroxyl groups is 2. The standard InChI is InChI=1S/C31H42N2O4/c1-20(32-17-29(36)26-5-6-28(35)27(13-26)18-34)7-21-3-2-4-22(8-21)12-30(37)33-19-31-14-23-9-24(15-31)11-25(10-23)16-31/h2-6,8,13,20,23-25,29,32,34-36H,7,9-12,14-19H2,1H3,(H,33,37)/t20-,23?,24?,25?,29-,31?/m1/s1. The molecule has 5 N–H and O–H groups in total. The summed E-state index contributed by atoms with van der Waals surface area (Å²) in [5.74, 6) is 2.85. The molecule has 0 radical (unpaired) electrons. The van der Waals surface area contributed by atoms with Gasteiger partial charge in [0.25, 0.3) is 0 Å². The van der Waals surface area contributed by atoms with Crippen molar-refractivity contribution < 1.29 is 20.1 Å². The second-order valence-electron chi connectivity index (χ2n) is 12.3. The van der Waals surface area contributed by atoms with Gasteiger partial charge in [-0.15, -0.1) is 0 Å². The Morgan fingerprint density at radius 3 is 2.38 bits per heavy atom. The Morgan fingerprint density at radius 2 is 1.70 bits per heavy atom. The van der Waals surface area contributed by atoms with E-state index in [1.165, 1.54) is 44.6 Å². The van der Waals surface area contributed by atoms with Crippen molar-refractivity contribution in [3.05, 3.63) is 64.7 Å². The van der Waals surface area contributed by atoms with Gasteiger partial charge in [-0.3, -0.25) is 4.79 Å². The third-order valence-electron chi connectivity index (χ3n) is 9.04. The first-order chi connectivity index (χ1) is 17.8. The summed E-state index contributed by atoms with van der Waals surface area (Å²) in [7, 11) is 0. The molecule has 37 heavy (non-hydrogen) atoms. The predicted octanol–water partition coefficient (Wildman–Crippen LogP) is 4.01. The van der Waals surface area contributed by atoms with Crippen LogP contribution in [0.5, 0.6) is 5.75 Å². The molecule has 0 aliphatic heterocycles. The Labute approximate surface area is 220 Å². The van der Waals surface area contributed by atoms with Crippen LogP contribution in [0.25, 0.3) is 0 Å². The van der Waals surface area contributed by atoms with Crippen molar-refractivity contribution in [3.63, 3.8) is 0 Å².